The lowest BCUT2D eigenvalue weighted by atomic mass is 10.3. The summed E-state index contributed by atoms with van der Waals surface area (Å²) >= 11 is 4.84. The second-order valence-electron chi connectivity index (χ2n) is 1.67. The fourth-order valence-corrected chi connectivity index (χ4v) is 1.68. The van der Waals surface area contributed by atoms with Crippen molar-refractivity contribution in [2.45, 2.75) is 0 Å². The molecule has 0 aromatic carbocycles. The summed E-state index contributed by atoms with van der Waals surface area (Å²) in [6, 6.07) is 1.86. The molecule has 2 nitrogen and oxygen atoms in total. The molecule has 1 aromatic heterocycles. The fourth-order valence-electron chi connectivity index (χ4n) is 0.547. The molecule has 0 aliphatic carbocycles. The van der Waals surface area contributed by atoms with E-state index in [1.165, 1.54) is 7.11 Å². The molecule has 54 valence electrons. The van der Waals surface area contributed by atoms with Crippen LogP contribution in [0.15, 0.2) is 15.2 Å². The Balaban J connectivity index is 2.85. The van der Waals surface area contributed by atoms with E-state index in [9.17, 15) is 0 Å². The van der Waals surface area contributed by atoms with Gasteiger partial charge in [0, 0.05) is 10.9 Å². The summed E-state index contributed by atoms with van der Waals surface area (Å²) in [5.74, 6) is 0.210. The van der Waals surface area contributed by atoms with Crippen molar-refractivity contribution in [2.75, 3.05) is 7.11 Å². The zero-order chi connectivity index (χ0) is 7.56. The van der Waals surface area contributed by atoms with Gasteiger partial charge in [-0.2, -0.15) is 0 Å². The molecular weight excluding hydrogens is 214 g/mol. The van der Waals surface area contributed by atoms with Crippen LogP contribution < -0.4 is 0 Å². The van der Waals surface area contributed by atoms with Gasteiger partial charge in [0.2, 0.25) is 5.90 Å². The van der Waals surface area contributed by atoms with Crippen LogP contribution in [0.5, 0.6) is 0 Å². The molecule has 1 aromatic rings. The molecule has 0 saturated heterocycles. The minimum absolute atomic E-state index is 0.210. The van der Waals surface area contributed by atoms with Gasteiger partial charge in [-0.1, -0.05) is 0 Å². The van der Waals surface area contributed by atoms with E-state index in [2.05, 4.69) is 15.9 Å². The third-order valence-electron chi connectivity index (χ3n) is 1.03. The normalized spacial score (nSPS) is 9.40. The Kier molecular flexibility index (Phi) is 2.45. The highest BCUT2D eigenvalue weighted by Gasteiger charge is 2.01. The van der Waals surface area contributed by atoms with Gasteiger partial charge in [-0.05, 0) is 22.0 Å². The topological polar surface area (TPSA) is 33.1 Å². The molecular formula is C6H6BrNOS. The van der Waals surface area contributed by atoms with Gasteiger partial charge in [0.1, 0.15) is 0 Å². The standard InChI is InChI=1S/C6H6BrNOS/c1-9-6(8)4-2-5(7)10-3-4/h2-3,8H,1H3. The van der Waals surface area contributed by atoms with Crippen molar-refractivity contribution in [3.63, 3.8) is 0 Å². The first-order chi connectivity index (χ1) is 4.74. The van der Waals surface area contributed by atoms with Crippen LogP contribution in [0, 0.1) is 5.41 Å². The lowest BCUT2D eigenvalue weighted by Crippen LogP contribution is -1.97. The molecule has 1 rings (SSSR count). The Bertz CT molecular complexity index is 246. The third-order valence-corrected chi connectivity index (χ3v) is 2.54. The highest BCUT2D eigenvalue weighted by atomic mass is 79.9. The zero-order valence-corrected chi connectivity index (χ0v) is 7.75. The molecule has 0 aliphatic rings. The van der Waals surface area contributed by atoms with E-state index in [4.69, 9.17) is 10.1 Å². The van der Waals surface area contributed by atoms with Crippen LogP contribution in [-0.2, 0) is 4.74 Å². The second-order valence-corrected chi connectivity index (χ2v) is 3.96. The molecule has 0 fully saturated rings. The minimum atomic E-state index is 0.210. The summed E-state index contributed by atoms with van der Waals surface area (Å²) in [5.41, 5.74) is 0.819. The van der Waals surface area contributed by atoms with Gasteiger partial charge in [0.05, 0.1) is 10.9 Å². The van der Waals surface area contributed by atoms with E-state index in [-0.39, 0.29) is 5.90 Å². The quantitative estimate of drug-likeness (QED) is 0.572. The SMILES string of the molecule is COC(=N)c1csc(Br)c1. The molecule has 10 heavy (non-hydrogen) atoms. The summed E-state index contributed by atoms with van der Waals surface area (Å²) in [7, 11) is 1.49. The number of thiophene rings is 1. The summed E-state index contributed by atoms with van der Waals surface area (Å²) in [5, 5.41) is 9.13. The molecule has 1 N–H and O–H groups in total. The van der Waals surface area contributed by atoms with Gasteiger partial charge in [-0.25, -0.2) is 0 Å². The van der Waals surface area contributed by atoms with Crippen LogP contribution >= 0.6 is 27.3 Å². The second kappa shape index (κ2) is 3.16. The highest BCUT2D eigenvalue weighted by molar-refractivity contribution is 9.11. The van der Waals surface area contributed by atoms with E-state index in [1.807, 2.05) is 11.4 Å². The lowest BCUT2D eigenvalue weighted by Gasteiger charge is -1.95. The fraction of sp³-hybridized carbons (Fsp3) is 0.167. The van der Waals surface area contributed by atoms with Crippen LogP contribution in [0.3, 0.4) is 0 Å². The van der Waals surface area contributed by atoms with Crippen LogP contribution in [-0.4, -0.2) is 13.0 Å². The van der Waals surface area contributed by atoms with Crippen molar-refractivity contribution in [2.24, 2.45) is 0 Å². The van der Waals surface area contributed by atoms with Crippen molar-refractivity contribution >= 4 is 33.2 Å². The van der Waals surface area contributed by atoms with Crippen molar-refractivity contribution in [1.29, 1.82) is 5.41 Å². The first kappa shape index (κ1) is 7.75. The summed E-state index contributed by atoms with van der Waals surface area (Å²) in [4.78, 5) is 0. The molecule has 0 spiro atoms. The van der Waals surface area contributed by atoms with Gasteiger partial charge >= 0.3 is 0 Å². The lowest BCUT2D eigenvalue weighted by molar-refractivity contribution is 0.401. The van der Waals surface area contributed by atoms with E-state index in [0.29, 0.717) is 0 Å². The largest absolute Gasteiger partial charge is 0.481 e. The molecule has 1 heterocycles. The van der Waals surface area contributed by atoms with Gasteiger partial charge in [-0.15, -0.1) is 11.3 Å². The molecule has 0 saturated carbocycles. The number of hydrogen-bond acceptors (Lipinski definition) is 3. The average Bonchev–Trinajstić information content (AvgIpc) is 2.34. The molecule has 0 atom stereocenters. The summed E-state index contributed by atoms with van der Waals surface area (Å²) in [6.07, 6.45) is 0. The zero-order valence-electron chi connectivity index (χ0n) is 5.35. The molecule has 0 amide bonds. The van der Waals surface area contributed by atoms with E-state index >= 15 is 0 Å². The van der Waals surface area contributed by atoms with Gasteiger partial charge in [0.15, 0.2) is 0 Å². The van der Waals surface area contributed by atoms with E-state index in [0.717, 1.165) is 9.35 Å². The van der Waals surface area contributed by atoms with Crippen LogP contribution in [0.1, 0.15) is 5.56 Å². The van der Waals surface area contributed by atoms with Crippen LogP contribution in [0.25, 0.3) is 0 Å². The number of halogens is 1. The van der Waals surface area contributed by atoms with Crippen molar-refractivity contribution in [3.05, 3.63) is 20.8 Å². The monoisotopic (exact) mass is 219 g/mol. The smallest absolute Gasteiger partial charge is 0.213 e. The summed E-state index contributed by atoms with van der Waals surface area (Å²) in [6.45, 7) is 0. The maximum atomic E-state index is 7.26. The molecule has 0 radical (unpaired) electrons. The van der Waals surface area contributed by atoms with Crippen molar-refractivity contribution in [3.8, 4) is 0 Å². The van der Waals surface area contributed by atoms with E-state index < -0.39 is 0 Å². The van der Waals surface area contributed by atoms with Gasteiger partial charge in [0.25, 0.3) is 0 Å². The van der Waals surface area contributed by atoms with E-state index in [1.54, 1.807) is 11.3 Å². The first-order valence-electron chi connectivity index (χ1n) is 2.61. The summed E-state index contributed by atoms with van der Waals surface area (Å²) < 4.78 is 5.74. The Morgan fingerprint density at radius 2 is 2.50 bits per heavy atom. The average molecular weight is 220 g/mol. The Morgan fingerprint density at radius 1 is 1.80 bits per heavy atom. The molecule has 0 bridgehead atoms. The van der Waals surface area contributed by atoms with Gasteiger partial charge in [-0.3, -0.25) is 5.41 Å². The van der Waals surface area contributed by atoms with Crippen molar-refractivity contribution < 1.29 is 4.74 Å². The number of nitrogens with one attached hydrogen (secondary N) is 1. The Labute approximate surface area is 71.5 Å². The molecule has 0 aliphatic heterocycles. The number of methoxy groups -OCH3 is 1. The highest BCUT2D eigenvalue weighted by Crippen LogP contribution is 2.20. The Hall–Kier alpha value is -0.350. The predicted octanol–water partition coefficient (Wildman–Crippen LogP) is 2.48. The molecule has 4 heteroatoms. The van der Waals surface area contributed by atoms with Crippen LogP contribution in [0.4, 0.5) is 0 Å². The predicted molar refractivity (Wildman–Crippen MR) is 45.9 cm³/mol. The minimum Gasteiger partial charge on any atom is -0.481 e. The van der Waals surface area contributed by atoms with Crippen molar-refractivity contribution in [1.82, 2.24) is 0 Å². The number of ether oxygens (including phenoxy) is 1. The Morgan fingerprint density at radius 3 is 2.90 bits per heavy atom. The maximum Gasteiger partial charge on any atom is 0.213 e. The number of hydrogen-bond donors (Lipinski definition) is 1. The van der Waals surface area contributed by atoms with Gasteiger partial charge < -0.3 is 4.74 Å². The van der Waals surface area contributed by atoms with Crippen LogP contribution in [0.2, 0.25) is 0 Å². The number of rotatable bonds is 1. The first-order valence-corrected chi connectivity index (χ1v) is 4.28. The maximum absolute atomic E-state index is 7.26. The third kappa shape index (κ3) is 1.58. The molecule has 0 unspecified atom stereocenters.